The van der Waals surface area contributed by atoms with Gasteiger partial charge in [0.15, 0.2) is 0 Å². The number of sulfonamides is 1. The van der Waals surface area contributed by atoms with E-state index < -0.39 is 28.4 Å². The molecule has 2 rings (SSSR count). The van der Waals surface area contributed by atoms with Crippen LogP contribution < -0.4 is 0 Å². The topological polar surface area (TPSA) is 80.8 Å². The number of rotatable bonds is 3. The van der Waals surface area contributed by atoms with Crippen LogP contribution in [0.3, 0.4) is 0 Å². The number of carbonyl (C=O) groups excluding carboxylic acids is 2. The minimum atomic E-state index is -3.93. The highest BCUT2D eigenvalue weighted by atomic mass is 32.2. The Morgan fingerprint density at radius 1 is 1.33 bits per heavy atom. The van der Waals surface area contributed by atoms with Crippen molar-refractivity contribution in [3.8, 4) is 0 Å². The zero-order chi connectivity index (χ0) is 13.3. The number of ether oxygens (including phenoxy) is 1. The van der Waals surface area contributed by atoms with E-state index in [9.17, 15) is 18.0 Å². The predicted molar refractivity (Wildman–Crippen MR) is 61.3 cm³/mol. The van der Waals surface area contributed by atoms with Crippen molar-refractivity contribution < 1.29 is 22.7 Å². The van der Waals surface area contributed by atoms with E-state index in [4.69, 9.17) is 0 Å². The van der Waals surface area contributed by atoms with Crippen LogP contribution in [0, 0.1) is 0 Å². The van der Waals surface area contributed by atoms with E-state index in [1.165, 1.54) is 18.2 Å². The maximum Gasteiger partial charge on any atom is 0.326 e. The highest BCUT2D eigenvalue weighted by Gasteiger charge is 2.41. The lowest BCUT2D eigenvalue weighted by molar-refractivity contribution is -0.142. The third-order valence-corrected chi connectivity index (χ3v) is 4.28. The van der Waals surface area contributed by atoms with Gasteiger partial charge >= 0.3 is 5.97 Å². The number of nitrogens with zero attached hydrogens (tertiary/aromatic N) is 1. The molecule has 0 saturated heterocycles. The summed E-state index contributed by atoms with van der Waals surface area (Å²) < 4.78 is 29.2. The molecule has 0 fully saturated rings. The molecule has 1 aromatic carbocycles. The monoisotopic (exact) mass is 269 g/mol. The van der Waals surface area contributed by atoms with Crippen molar-refractivity contribution >= 4 is 21.9 Å². The number of amides is 1. The largest absolute Gasteiger partial charge is 0.465 e. The molecule has 7 heteroatoms. The Kier molecular flexibility index (Phi) is 3.08. The van der Waals surface area contributed by atoms with Crippen LogP contribution >= 0.6 is 0 Å². The molecule has 0 spiro atoms. The number of carbonyl (C=O) groups is 2. The SMILES string of the molecule is CCOC(=O)CN1C(=O)c2ccccc2S1(=O)=O. The van der Waals surface area contributed by atoms with E-state index in [-0.39, 0.29) is 17.1 Å². The van der Waals surface area contributed by atoms with Crippen LogP contribution in [0.5, 0.6) is 0 Å². The average Bonchev–Trinajstić information content (AvgIpc) is 2.52. The summed E-state index contributed by atoms with van der Waals surface area (Å²) >= 11 is 0. The fourth-order valence-corrected chi connectivity index (χ4v) is 3.22. The Bertz CT molecular complexity index is 608. The standard InChI is InChI=1S/C11H11NO5S/c1-2-17-10(13)7-12-11(14)8-5-3-4-6-9(8)18(12,15)16/h3-6H,2,7H2,1H3. The molecule has 0 saturated carbocycles. The quantitative estimate of drug-likeness (QED) is 0.742. The van der Waals surface area contributed by atoms with Gasteiger partial charge in [0.1, 0.15) is 11.4 Å². The molecule has 0 aliphatic carbocycles. The number of esters is 1. The van der Waals surface area contributed by atoms with E-state index in [0.717, 1.165) is 0 Å². The predicted octanol–water partition coefficient (Wildman–Crippen LogP) is 0.394. The molecule has 0 radical (unpaired) electrons. The van der Waals surface area contributed by atoms with E-state index in [2.05, 4.69) is 4.74 Å². The van der Waals surface area contributed by atoms with Crippen LogP contribution in [0.2, 0.25) is 0 Å². The zero-order valence-electron chi connectivity index (χ0n) is 9.62. The first-order valence-corrected chi connectivity index (χ1v) is 6.74. The van der Waals surface area contributed by atoms with Gasteiger partial charge < -0.3 is 4.74 Å². The first-order valence-electron chi connectivity index (χ1n) is 5.30. The van der Waals surface area contributed by atoms with Crippen molar-refractivity contribution in [3.63, 3.8) is 0 Å². The van der Waals surface area contributed by atoms with E-state index in [0.29, 0.717) is 4.31 Å². The summed E-state index contributed by atoms with van der Waals surface area (Å²) in [4.78, 5) is 23.1. The second kappa shape index (κ2) is 4.41. The Balaban J connectivity index is 2.37. The van der Waals surface area contributed by atoms with Crippen LogP contribution in [0.15, 0.2) is 29.2 Å². The number of benzene rings is 1. The summed E-state index contributed by atoms with van der Waals surface area (Å²) in [6.45, 7) is 1.14. The fraction of sp³-hybridized carbons (Fsp3) is 0.273. The summed E-state index contributed by atoms with van der Waals surface area (Å²) in [6.07, 6.45) is 0. The maximum atomic E-state index is 12.0. The molecule has 0 atom stereocenters. The van der Waals surface area contributed by atoms with Gasteiger partial charge in [-0.3, -0.25) is 9.59 Å². The normalized spacial score (nSPS) is 16.5. The zero-order valence-corrected chi connectivity index (χ0v) is 10.4. The number of hydrogen-bond donors (Lipinski definition) is 0. The molecule has 1 aliphatic heterocycles. The second-order valence-electron chi connectivity index (χ2n) is 3.62. The molecule has 96 valence electrons. The highest BCUT2D eigenvalue weighted by molar-refractivity contribution is 7.90. The van der Waals surface area contributed by atoms with Gasteiger partial charge in [0.05, 0.1) is 12.2 Å². The Labute approximate surface area is 104 Å². The molecule has 0 bridgehead atoms. The lowest BCUT2D eigenvalue weighted by Gasteiger charge is -2.13. The molecule has 1 amide bonds. The van der Waals surface area contributed by atoms with Crippen molar-refractivity contribution in [1.29, 1.82) is 0 Å². The van der Waals surface area contributed by atoms with Crippen LogP contribution in [-0.4, -0.2) is 37.8 Å². The fourth-order valence-electron chi connectivity index (χ4n) is 1.71. The first-order chi connectivity index (χ1) is 8.48. The minimum absolute atomic E-state index is 0.0701. The smallest absolute Gasteiger partial charge is 0.326 e. The molecule has 0 aromatic heterocycles. The molecule has 1 aromatic rings. The summed E-state index contributed by atoms with van der Waals surface area (Å²) in [5.41, 5.74) is 0.0850. The number of hydrogen-bond acceptors (Lipinski definition) is 5. The summed E-state index contributed by atoms with van der Waals surface area (Å²) in [7, 11) is -3.93. The van der Waals surface area contributed by atoms with E-state index >= 15 is 0 Å². The second-order valence-corrected chi connectivity index (χ2v) is 5.45. The van der Waals surface area contributed by atoms with Crippen LogP contribution in [0.4, 0.5) is 0 Å². The van der Waals surface area contributed by atoms with E-state index in [1.807, 2.05) is 0 Å². The molecule has 6 nitrogen and oxygen atoms in total. The van der Waals surface area contributed by atoms with Crippen molar-refractivity contribution in [2.45, 2.75) is 11.8 Å². The van der Waals surface area contributed by atoms with Crippen LogP contribution in [-0.2, 0) is 19.6 Å². The van der Waals surface area contributed by atoms with Gasteiger partial charge in [-0.15, -0.1) is 0 Å². The molecule has 0 N–H and O–H groups in total. The van der Waals surface area contributed by atoms with Gasteiger partial charge in [-0.2, -0.15) is 0 Å². The summed E-state index contributed by atoms with van der Waals surface area (Å²) in [5.74, 6) is -1.44. The highest BCUT2D eigenvalue weighted by Crippen LogP contribution is 2.29. The molecule has 1 aliphatic rings. The van der Waals surface area contributed by atoms with Crippen molar-refractivity contribution in [1.82, 2.24) is 4.31 Å². The van der Waals surface area contributed by atoms with Crippen LogP contribution in [0.25, 0.3) is 0 Å². The van der Waals surface area contributed by atoms with Gasteiger partial charge in [-0.25, -0.2) is 12.7 Å². The van der Waals surface area contributed by atoms with E-state index in [1.54, 1.807) is 13.0 Å². The van der Waals surface area contributed by atoms with Crippen molar-refractivity contribution in [2.24, 2.45) is 0 Å². The van der Waals surface area contributed by atoms with Gasteiger partial charge in [0.2, 0.25) is 0 Å². The minimum Gasteiger partial charge on any atom is -0.465 e. The lowest BCUT2D eigenvalue weighted by Crippen LogP contribution is -2.35. The molecular weight excluding hydrogens is 258 g/mol. The Morgan fingerprint density at radius 3 is 2.61 bits per heavy atom. The molecule has 0 unspecified atom stereocenters. The van der Waals surface area contributed by atoms with Gasteiger partial charge in [-0.05, 0) is 19.1 Å². The third kappa shape index (κ3) is 1.86. The summed E-state index contributed by atoms with van der Waals surface area (Å²) in [5, 5.41) is 0. The van der Waals surface area contributed by atoms with Gasteiger partial charge in [0.25, 0.3) is 15.9 Å². The average molecular weight is 269 g/mol. The molecular formula is C11H11NO5S. The van der Waals surface area contributed by atoms with Gasteiger partial charge in [0, 0.05) is 0 Å². The third-order valence-electron chi connectivity index (χ3n) is 2.49. The van der Waals surface area contributed by atoms with Gasteiger partial charge in [-0.1, -0.05) is 12.1 Å². The Hall–Kier alpha value is -1.89. The summed E-state index contributed by atoms with van der Waals surface area (Å²) in [6, 6.07) is 5.85. The molecule has 18 heavy (non-hydrogen) atoms. The first kappa shape index (κ1) is 12.6. The van der Waals surface area contributed by atoms with Crippen LogP contribution in [0.1, 0.15) is 17.3 Å². The number of fused-ring (bicyclic) bond motifs is 1. The van der Waals surface area contributed by atoms with Crippen molar-refractivity contribution in [2.75, 3.05) is 13.2 Å². The lowest BCUT2D eigenvalue weighted by atomic mass is 10.2. The maximum absolute atomic E-state index is 12.0. The van der Waals surface area contributed by atoms with Crippen molar-refractivity contribution in [3.05, 3.63) is 29.8 Å². The molecule has 1 heterocycles. The Morgan fingerprint density at radius 2 is 2.00 bits per heavy atom.